The fourth-order valence-electron chi connectivity index (χ4n) is 1.64. The van der Waals surface area contributed by atoms with Crippen LogP contribution in [-0.4, -0.2) is 5.33 Å². The van der Waals surface area contributed by atoms with Crippen molar-refractivity contribution in [1.29, 1.82) is 0 Å². The van der Waals surface area contributed by atoms with Gasteiger partial charge < -0.3 is 0 Å². The summed E-state index contributed by atoms with van der Waals surface area (Å²) in [5.41, 5.74) is 1.11. The predicted octanol–water partition coefficient (Wildman–Crippen LogP) is 4.83. The molecule has 1 unspecified atom stereocenters. The van der Waals surface area contributed by atoms with Crippen molar-refractivity contribution in [1.82, 2.24) is 0 Å². The second-order valence-corrected chi connectivity index (χ2v) is 4.82. The average Bonchev–Trinajstić information content (AvgIpc) is 2.23. The Hall–Kier alpha value is -0.0800. The molecule has 0 saturated heterocycles. The van der Waals surface area contributed by atoms with Gasteiger partial charge in [0.05, 0.1) is 5.02 Å². The molecule has 0 amide bonds. The first-order valence-corrected chi connectivity index (χ1v) is 6.67. The van der Waals surface area contributed by atoms with Gasteiger partial charge in [-0.05, 0) is 36.5 Å². The van der Waals surface area contributed by atoms with Crippen molar-refractivity contribution in [3.05, 3.63) is 34.6 Å². The number of benzene rings is 1. The molecule has 0 nitrogen and oxygen atoms in total. The van der Waals surface area contributed by atoms with Crippen LogP contribution in [0, 0.1) is 11.7 Å². The van der Waals surface area contributed by atoms with Crippen LogP contribution in [0.25, 0.3) is 0 Å². The second-order valence-electron chi connectivity index (χ2n) is 3.76. The summed E-state index contributed by atoms with van der Waals surface area (Å²) in [5.74, 6) is 0.267. The summed E-state index contributed by atoms with van der Waals surface area (Å²) in [6.07, 6.45) is 3.31. The van der Waals surface area contributed by atoms with Crippen molar-refractivity contribution in [2.24, 2.45) is 5.92 Å². The molecule has 1 atom stereocenters. The molecule has 0 saturated carbocycles. The molecule has 0 fully saturated rings. The van der Waals surface area contributed by atoms with Crippen molar-refractivity contribution in [2.75, 3.05) is 5.33 Å². The van der Waals surface area contributed by atoms with Gasteiger partial charge in [0.2, 0.25) is 0 Å². The standard InChI is InChI=1S/C12H15BrClF/c1-2-3-10(8-13)6-9-4-5-12(15)11(14)7-9/h4-5,7,10H,2-3,6,8H2,1H3. The highest BCUT2D eigenvalue weighted by molar-refractivity contribution is 9.09. The summed E-state index contributed by atoms with van der Waals surface area (Å²) in [6.45, 7) is 2.17. The smallest absolute Gasteiger partial charge is 0.141 e. The van der Waals surface area contributed by atoms with E-state index in [1.807, 2.05) is 6.07 Å². The van der Waals surface area contributed by atoms with Crippen LogP contribution in [0.15, 0.2) is 18.2 Å². The largest absolute Gasteiger partial charge is 0.205 e. The highest BCUT2D eigenvalue weighted by atomic mass is 79.9. The van der Waals surface area contributed by atoms with Gasteiger partial charge in [-0.2, -0.15) is 0 Å². The van der Waals surface area contributed by atoms with Crippen LogP contribution in [-0.2, 0) is 6.42 Å². The first kappa shape index (κ1) is 13.0. The second kappa shape index (κ2) is 6.49. The lowest BCUT2D eigenvalue weighted by molar-refractivity contribution is 0.533. The Balaban J connectivity index is 2.66. The molecule has 0 aliphatic heterocycles. The van der Waals surface area contributed by atoms with E-state index in [4.69, 9.17) is 11.6 Å². The molecule has 15 heavy (non-hydrogen) atoms. The van der Waals surface area contributed by atoms with Crippen LogP contribution >= 0.6 is 27.5 Å². The van der Waals surface area contributed by atoms with E-state index in [0.29, 0.717) is 5.92 Å². The molecular weight excluding hydrogens is 278 g/mol. The van der Waals surface area contributed by atoms with Crippen molar-refractivity contribution < 1.29 is 4.39 Å². The zero-order valence-corrected chi connectivity index (χ0v) is 11.1. The molecule has 3 heteroatoms. The van der Waals surface area contributed by atoms with E-state index in [1.54, 1.807) is 6.07 Å². The molecule has 84 valence electrons. The van der Waals surface area contributed by atoms with E-state index >= 15 is 0 Å². The molecule has 1 aromatic rings. The highest BCUT2D eigenvalue weighted by Crippen LogP contribution is 2.21. The maximum Gasteiger partial charge on any atom is 0.141 e. The first-order valence-electron chi connectivity index (χ1n) is 5.17. The number of rotatable bonds is 5. The molecule has 0 radical (unpaired) electrons. The first-order chi connectivity index (χ1) is 7.17. The van der Waals surface area contributed by atoms with Crippen molar-refractivity contribution in [2.45, 2.75) is 26.2 Å². The lowest BCUT2D eigenvalue weighted by Crippen LogP contribution is -2.05. The van der Waals surface area contributed by atoms with Gasteiger partial charge in [0.15, 0.2) is 0 Å². The fourth-order valence-corrected chi connectivity index (χ4v) is 2.40. The third kappa shape index (κ3) is 4.12. The molecule has 0 aliphatic rings. The maximum atomic E-state index is 12.9. The minimum Gasteiger partial charge on any atom is -0.205 e. The lowest BCUT2D eigenvalue weighted by atomic mass is 9.97. The Morgan fingerprint density at radius 2 is 2.20 bits per heavy atom. The SMILES string of the molecule is CCCC(CBr)Cc1ccc(F)c(Cl)c1. The third-order valence-corrected chi connectivity index (χ3v) is 3.63. The van der Waals surface area contributed by atoms with Gasteiger partial charge >= 0.3 is 0 Å². The summed E-state index contributed by atoms with van der Waals surface area (Å²) < 4.78 is 12.9. The summed E-state index contributed by atoms with van der Waals surface area (Å²) in [7, 11) is 0. The molecule has 0 spiro atoms. The molecule has 1 rings (SSSR count). The van der Waals surface area contributed by atoms with Crippen molar-refractivity contribution in [3.63, 3.8) is 0 Å². The van der Waals surface area contributed by atoms with Gasteiger partial charge in [-0.15, -0.1) is 0 Å². The average molecular weight is 294 g/mol. The van der Waals surface area contributed by atoms with Gasteiger partial charge in [0, 0.05) is 5.33 Å². The summed E-state index contributed by atoms with van der Waals surface area (Å²) >= 11 is 9.23. The summed E-state index contributed by atoms with van der Waals surface area (Å²) in [6, 6.07) is 4.98. The third-order valence-electron chi connectivity index (χ3n) is 2.42. The lowest BCUT2D eigenvalue weighted by Gasteiger charge is -2.12. The topological polar surface area (TPSA) is 0 Å². The van der Waals surface area contributed by atoms with E-state index in [0.717, 1.165) is 17.3 Å². The minimum absolute atomic E-state index is 0.220. The predicted molar refractivity (Wildman–Crippen MR) is 67.3 cm³/mol. The van der Waals surface area contributed by atoms with Gasteiger partial charge in [-0.25, -0.2) is 4.39 Å². The Bertz CT molecular complexity index is 314. The number of halogens is 3. The molecule has 0 bridgehead atoms. The van der Waals surface area contributed by atoms with Gasteiger partial charge in [-0.1, -0.05) is 46.9 Å². The quantitative estimate of drug-likeness (QED) is 0.682. The number of hydrogen-bond donors (Lipinski definition) is 0. The van der Waals surface area contributed by atoms with Crippen LogP contribution < -0.4 is 0 Å². The van der Waals surface area contributed by atoms with E-state index in [-0.39, 0.29) is 10.8 Å². The van der Waals surface area contributed by atoms with Gasteiger partial charge in [0.25, 0.3) is 0 Å². The van der Waals surface area contributed by atoms with Crippen LogP contribution in [0.3, 0.4) is 0 Å². The Morgan fingerprint density at radius 1 is 1.47 bits per heavy atom. The molecule has 0 N–H and O–H groups in total. The van der Waals surface area contributed by atoms with Crippen LogP contribution in [0.5, 0.6) is 0 Å². The maximum absolute atomic E-state index is 12.9. The molecule has 0 aromatic heterocycles. The van der Waals surface area contributed by atoms with E-state index < -0.39 is 0 Å². The summed E-state index contributed by atoms with van der Waals surface area (Å²) in [4.78, 5) is 0. The number of hydrogen-bond acceptors (Lipinski definition) is 0. The van der Waals surface area contributed by atoms with Crippen LogP contribution in [0.1, 0.15) is 25.3 Å². The van der Waals surface area contributed by atoms with E-state index in [2.05, 4.69) is 22.9 Å². The van der Waals surface area contributed by atoms with Gasteiger partial charge in [0.1, 0.15) is 5.82 Å². The number of alkyl halides is 1. The Labute approximate surface area is 104 Å². The zero-order valence-electron chi connectivity index (χ0n) is 8.77. The monoisotopic (exact) mass is 292 g/mol. The molecular formula is C12H15BrClF. The molecule has 0 heterocycles. The van der Waals surface area contributed by atoms with E-state index in [1.165, 1.54) is 18.9 Å². The molecule has 1 aromatic carbocycles. The van der Waals surface area contributed by atoms with Crippen LogP contribution in [0.2, 0.25) is 5.02 Å². The normalized spacial score (nSPS) is 12.8. The van der Waals surface area contributed by atoms with Gasteiger partial charge in [-0.3, -0.25) is 0 Å². The Kier molecular flexibility index (Phi) is 5.62. The highest BCUT2D eigenvalue weighted by Gasteiger charge is 2.08. The zero-order chi connectivity index (χ0) is 11.3. The van der Waals surface area contributed by atoms with Crippen molar-refractivity contribution >= 4 is 27.5 Å². The fraction of sp³-hybridized carbons (Fsp3) is 0.500. The minimum atomic E-state index is -0.341. The molecule has 0 aliphatic carbocycles. The van der Waals surface area contributed by atoms with Crippen molar-refractivity contribution in [3.8, 4) is 0 Å². The summed E-state index contributed by atoms with van der Waals surface area (Å²) in [5, 5.41) is 1.20. The van der Waals surface area contributed by atoms with E-state index in [9.17, 15) is 4.39 Å². The Morgan fingerprint density at radius 3 is 2.73 bits per heavy atom. The van der Waals surface area contributed by atoms with Crippen LogP contribution in [0.4, 0.5) is 4.39 Å².